The van der Waals surface area contributed by atoms with E-state index in [4.69, 9.17) is 11.8 Å². The summed E-state index contributed by atoms with van der Waals surface area (Å²) in [5.41, 5.74) is 5.78. The minimum atomic E-state index is -1.67. The molecule has 6 heteroatoms. The smallest absolute Gasteiger partial charge is 0.114 e. The fourth-order valence-electron chi connectivity index (χ4n) is 7.57. The van der Waals surface area contributed by atoms with Crippen molar-refractivity contribution < 1.29 is 27.0 Å². The Balaban J connectivity index is 0.000000214. The first-order chi connectivity index (χ1) is 27.1. The molecule has 8 rings (SSSR count). The number of benzene rings is 2. The topological polar surface area (TPSA) is 38.7 Å². The van der Waals surface area contributed by atoms with Gasteiger partial charge < -0.3 is 9.97 Å². The Morgan fingerprint density at radius 1 is 0.849 bits per heavy atom. The summed E-state index contributed by atoms with van der Waals surface area (Å²) in [6.07, 6.45) is 11.5. The summed E-state index contributed by atoms with van der Waals surface area (Å²) >= 11 is 1.64. The van der Waals surface area contributed by atoms with Crippen LogP contribution in [0.5, 0.6) is 0 Å². The molecule has 0 atom stereocenters. The van der Waals surface area contributed by atoms with Crippen LogP contribution in [0.15, 0.2) is 79.1 Å². The molecule has 0 bridgehead atoms. The molecule has 0 aliphatic heterocycles. The van der Waals surface area contributed by atoms with E-state index in [1.807, 2.05) is 68.6 Å². The molecule has 2 fully saturated rings. The fraction of sp³-hybridized carbons (Fsp3) is 0.426. The van der Waals surface area contributed by atoms with Gasteiger partial charge in [-0.25, -0.2) is 4.98 Å². The van der Waals surface area contributed by atoms with E-state index in [9.17, 15) is 0 Å². The number of rotatable bonds is 8. The third-order valence-corrected chi connectivity index (χ3v) is 13.4. The Morgan fingerprint density at radius 3 is 2.34 bits per heavy atom. The zero-order valence-corrected chi connectivity index (χ0v) is 36.0. The van der Waals surface area contributed by atoms with Gasteiger partial charge in [0.15, 0.2) is 0 Å². The summed E-state index contributed by atoms with van der Waals surface area (Å²) in [7, 11) is -1.67. The van der Waals surface area contributed by atoms with Crippen LogP contribution in [0.3, 0.4) is 0 Å². The second-order valence-electron chi connectivity index (χ2n) is 15.8. The molecule has 0 unspecified atom stereocenters. The first-order valence-corrected chi connectivity index (χ1v) is 23.6. The first kappa shape index (κ1) is 33.3. The Hall–Kier alpha value is -3.02. The van der Waals surface area contributed by atoms with E-state index in [2.05, 4.69) is 59.9 Å². The van der Waals surface area contributed by atoms with Gasteiger partial charge in [-0.1, -0.05) is 120 Å². The molecule has 0 spiro atoms. The Bertz CT molecular complexity index is 2330. The van der Waals surface area contributed by atoms with Crippen molar-refractivity contribution in [2.75, 3.05) is 0 Å². The van der Waals surface area contributed by atoms with Gasteiger partial charge in [0.05, 0.1) is 8.07 Å². The van der Waals surface area contributed by atoms with Crippen LogP contribution in [-0.4, -0.2) is 23.0 Å². The van der Waals surface area contributed by atoms with Crippen molar-refractivity contribution in [3.8, 4) is 22.5 Å². The molecule has 6 aromatic rings. The molecule has 0 amide bonds. The fourth-order valence-corrected chi connectivity index (χ4v) is 10.2. The van der Waals surface area contributed by atoms with Gasteiger partial charge in [-0.15, -0.1) is 59.7 Å². The van der Waals surface area contributed by atoms with Crippen molar-refractivity contribution in [2.45, 2.75) is 116 Å². The van der Waals surface area contributed by atoms with Crippen LogP contribution < -0.4 is 5.19 Å². The largest absolute Gasteiger partial charge is 0.305 e. The van der Waals surface area contributed by atoms with Gasteiger partial charge in [0.25, 0.3) is 0 Å². The SMILES string of the molecule is [2H]C([2H])(c1cc(-c2[c-]cccc2)ncc1[Si](C)(C)C)C(C)C.[2H]C1(c2ccc3c(n2)sc2c(-c4cc(C([2H])([2H])C5CCCCC5)ccn4)[c-]ccc23)CCCCC1.[Ir]. The van der Waals surface area contributed by atoms with Crippen molar-refractivity contribution in [1.29, 1.82) is 0 Å². The molecule has 1 radical (unpaired) electrons. The van der Waals surface area contributed by atoms with Gasteiger partial charge in [0, 0.05) is 50.9 Å². The van der Waals surface area contributed by atoms with E-state index >= 15 is 0 Å². The third-order valence-electron chi connectivity index (χ3n) is 10.3. The monoisotopic (exact) mass is 919 g/mol. The average Bonchev–Trinajstić information content (AvgIpc) is 3.60. The van der Waals surface area contributed by atoms with Crippen LogP contribution in [0.1, 0.15) is 108 Å². The number of hydrogen-bond acceptors (Lipinski definition) is 4. The van der Waals surface area contributed by atoms with Crippen LogP contribution in [-0.2, 0) is 32.9 Å². The minimum Gasteiger partial charge on any atom is -0.305 e. The Morgan fingerprint density at radius 2 is 1.62 bits per heavy atom. The summed E-state index contributed by atoms with van der Waals surface area (Å²) in [6, 6.07) is 28.2. The molecular formula is C47H55IrN3SSi-2. The second kappa shape index (κ2) is 18.1. The summed E-state index contributed by atoms with van der Waals surface area (Å²) in [4.78, 5) is 15.2. The van der Waals surface area contributed by atoms with Crippen molar-refractivity contribution in [3.63, 3.8) is 0 Å². The van der Waals surface area contributed by atoms with E-state index in [0.29, 0.717) is 0 Å². The van der Waals surface area contributed by atoms with Crippen LogP contribution in [0.2, 0.25) is 19.6 Å². The minimum absolute atomic E-state index is 0. The molecule has 3 nitrogen and oxygen atoms in total. The van der Waals surface area contributed by atoms with Gasteiger partial charge in [0.2, 0.25) is 0 Å². The molecule has 0 saturated heterocycles. The van der Waals surface area contributed by atoms with Gasteiger partial charge in [-0.2, -0.15) is 11.3 Å². The van der Waals surface area contributed by atoms with E-state index in [1.165, 1.54) is 12.8 Å². The molecule has 53 heavy (non-hydrogen) atoms. The summed E-state index contributed by atoms with van der Waals surface area (Å²) < 4.78 is 45.0. The number of hydrogen-bond donors (Lipinski definition) is 0. The number of aromatic nitrogens is 3. The molecule has 2 saturated carbocycles. The Labute approximate surface area is 343 Å². The van der Waals surface area contributed by atoms with E-state index < -0.39 is 26.7 Å². The summed E-state index contributed by atoms with van der Waals surface area (Å²) in [5, 5.41) is 3.34. The third kappa shape index (κ3) is 9.81. The maximum absolute atomic E-state index is 9.01. The number of pyridine rings is 3. The zero-order valence-electron chi connectivity index (χ0n) is 36.8. The van der Waals surface area contributed by atoms with Crippen LogP contribution in [0.25, 0.3) is 42.8 Å². The van der Waals surface area contributed by atoms with Crippen molar-refractivity contribution in [1.82, 2.24) is 15.0 Å². The predicted molar refractivity (Wildman–Crippen MR) is 225 cm³/mol. The molecular weight excluding hydrogens is 859 g/mol. The summed E-state index contributed by atoms with van der Waals surface area (Å²) in [5.74, 6) is -0.592. The standard InChI is InChI=1S/C29H31N2S.C18H24NSi.Ir/c1-3-8-20(9-4-1)18-21-16-17-30-27(19-21)25-13-7-12-23-24-14-15-26(22-10-5-2-6-11-22)31-29(24)32-28(23)25;1-14(2)11-16-12-17(15-9-7-6-8-10-15)19-13-18(16)20(3,4)5;/h7,12,14-17,19-20,22H,1-6,8-11,18H2;6-9,12-14H,11H2,1-5H3;/q2*-1;/i18D2,22D;11D2;. The zero-order chi connectivity index (χ0) is 40.6. The van der Waals surface area contributed by atoms with Gasteiger partial charge in [-0.05, 0) is 76.2 Å². The maximum atomic E-state index is 9.01. The van der Waals surface area contributed by atoms with Crippen molar-refractivity contribution in [3.05, 3.63) is 108 Å². The van der Waals surface area contributed by atoms with Crippen molar-refractivity contribution >= 4 is 44.9 Å². The number of fused-ring (bicyclic) bond motifs is 3. The predicted octanol–water partition coefficient (Wildman–Crippen LogP) is 12.8. The molecule has 2 aliphatic carbocycles. The quantitative estimate of drug-likeness (QED) is 0.113. The van der Waals surface area contributed by atoms with Crippen LogP contribution >= 0.6 is 11.3 Å². The molecule has 0 N–H and O–H groups in total. The number of nitrogens with zero attached hydrogens (tertiary/aromatic N) is 3. The molecule has 4 aromatic heterocycles. The van der Waals surface area contributed by atoms with E-state index in [-0.39, 0.29) is 31.9 Å². The average molecular weight is 919 g/mol. The molecule has 2 aromatic carbocycles. The van der Waals surface area contributed by atoms with Crippen LogP contribution in [0.4, 0.5) is 0 Å². The van der Waals surface area contributed by atoms with Crippen molar-refractivity contribution in [2.24, 2.45) is 11.8 Å². The molecule has 279 valence electrons. The second-order valence-corrected chi connectivity index (χ2v) is 21.8. The van der Waals surface area contributed by atoms with E-state index in [0.717, 1.165) is 116 Å². The maximum Gasteiger partial charge on any atom is 0.114 e. The first-order valence-electron chi connectivity index (χ1n) is 21.8. The Kier molecular flexibility index (Phi) is 11.4. The van der Waals surface area contributed by atoms with Crippen LogP contribution in [0, 0.1) is 24.0 Å². The summed E-state index contributed by atoms with van der Waals surface area (Å²) in [6.45, 7) is 10.6. The molecule has 2 aliphatic rings. The number of thiophene rings is 1. The van der Waals surface area contributed by atoms with E-state index in [1.54, 1.807) is 17.5 Å². The normalized spacial score (nSPS) is 18.2. The molecule has 4 heterocycles. The van der Waals surface area contributed by atoms with Gasteiger partial charge in [-0.3, -0.25) is 0 Å². The van der Waals surface area contributed by atoms with Gasteiger partial charge in [0.1, 0.15) is 4.83 Å². The van der Waals surface area contributed by atoms with Gasteiger partial charge >= 0.3 is 0 Å².